The molecule has 1 saturated heterocycles. The highest BCUT2D eigenvalue weighted by atomic mass is 16.5. The van der Waals surface area contributed by atoms with Crippen LogP contribution in [0, 0.1) is 6.92 Å². The molecule has 0 saturated carbocycles. The third kappa shape index (κ3) is 2.59. The maximum absolute atomic E-state index is 5.35. The van der Waals surface area contributed by atoms with Crippen molar-refractivity contribution in [2.45, 2.75) is 6.92 Å². The molecular weight excluding hydrogens is 256 g/mol. The molecule has 0 spiro atoms. The fraction of sp³-hybridized carbons (Fsp3) is 0.615. The second kappa shape index (κ2) is 5.72. The zero-order valence-electron chi connectivity index (χ0n) is 12.0. The lowest BCUT2D eigenvalue weighted by molar-refractivity contribution is 0.0398. The normalized spacial score (nSPS) is 16.7. The fourth-order valence-electron chi connectivity index (χ4n) is 2.57. The van der Waals surface area contributed by atoms with Gasteiger partial charge in [0.15, 0.2) is 5.65 Å². The van der Waals surface area contributed by atoms with Gasteiger partial charge in [-0.05, 0) is 6.92 Å². The molecule has 0 amide bonds. The first-order valence-corrected chi connectivity index (χ1v) is 6.94. The van der Waals surface area contributed by atoms with Crippen molar-refractivity contribution in [3.05, 3.63) is 12.0 Å². The number of aryl methyl sites for hydroxylation is 2. The molecule has 3 heterocycles. The van der Waals surface area contributed by atoms with Gasteiger partial charge in [0.25, 0.3) is 0 Å². The summed E-state index contributed by atoms with van der Waals surface area (Å²) in [5, 5.41) is 8.81. The number of nitrogens with zero attached hydrogens (tertiary/aromatic N) is 5. The van der Waals surface area contributed by atoms with Crippen LogP contribution >= 0.6 is 0 Å². The summed E-state index contributed by atoms with van der Waals surface area (Å²) in [6.07, 6.45) is 1.58. The summed E-state index contributed by atoms with van der Waals surface area (Å²) in [5.74, 6) is 0.869. The van der Waals surface area contributed by atoms with Crippen LogP contribution in [-0.2, 0) is 11.8 Å². The van der Waals surface area contributed by atoms with Crippen LogP contribution in [-0.4, -0.2) is 64.0 Å². The molecule has 2 aromatic heterocycles. The Labute approximate surface area is 117 Å². The van der Waals surface area contributed by atoms with E-state index in [0.29, 0.717) is 0 Å². The third-order valence-corrected chi connectivity index (χ3v) is 3.62. The summed E-state index contributed by atoms with van der Waals surface area (Å²) in [4.78, 5) is 11.0. The first-order valence-electron chi connectivity index (χ1n) is 6.94. The molecule has 1 fully saturated rings. The van der Waals surface area contributed by atoms with E-state index in [4.69, 9.17) is 4.74 Å². The Hall–Kier alpha value is -1.73. The van der Waals surface area contributed by atoms with Crippen molar-refractivity contribution in [3.63, 3.8) is 0 Å². The average Bonchev–Trinajstić information content (AvgIpc) is 2.76. The van der Waals surface area contributed by atoms with Crippen molar-refractivity contribution in [1.29, 1.82) is 0 Å². The summed E-state index contributed by atoms with van der Waals surface area (Å²) >= 11 is 0. The number of aromatic nitrogens is 4. The summed E-state index contributed by atoms with van der Waals surface area (Å²) in [6.45, 7) is 7.52. The maximum atomic E-state index is 5.35. The SMILES string of the molecule is Cc1nn(C)c2ncnc(NCCN3CCOCC3)c12. The number of morpholine rings is 1. The highest BCUT2D eigenvalue weighted by molar-refractivity contribution is 5.88. The van der Waals surface area contributed by atoms with E-state index >= 15 is 0 Å². The highest BCUT2D eigenvalue weighted by Gasteiger charge is 2.13. The minimum Gasteiger partial charge on any atom is -0.379 e. The van der Waals surface area contributed by atoms with E-state index in [1.54, 1.807) is 11.0 Å². The van der Waals surface area contributed by atoms with Crippen LogP contribution in [0.1, 0.15) is 5.69 Å². The van der Waals surface area contributed by atoms with Gasteiger partial charge in [0.05, 0.1) is 24.3 Å². The van der Waals surface area contributed by atoms with Crippen LogP contribution < -0.4 is 5.32 Å². The number of hydrogen-bond donors (Lipinski definition) is 1. The molecule has 7 nitrogen and oxygen atoms in total. The molecule has 1 aliphatic rings. The largest absolute Gasteiger partial charge is 0.379 e. The number of ether oxygens (including phenoxy) is 1. The molecule has 0 bridgehead atoms. The lowest BCUT2D eigenvalue weighted by Gasteiger charge is -2.26. The Morgan fingerprint density at radius 3 is 2.90 bits per heavy atom. The van der Waals surface area contributed by atoms with E-state index in [-0.39, 0.29) is 0 Å². The highest BCUT2D eigenvalue weighted by Crippen LogP contribution is 2.21. The van der Waals surface area contributed by atoms with Gasteiger partial charge >= 0.3 is 0 Å². The minimum atomic E-state index is 0.833. The monoisotopic (exact) mass is 276 g/mol. The Bertz CT molecular complexity index is 590. The lowest BCUT2D eigenvalue weighted by Crippen LogP contribution is -2.39. The van der Waals surface area contributed by atoms with Gasteiger partial charge in [0.1, 0.15) is 12.1 Å². The number of nitrogens with one attached hydrogen (secondary N) is 1. The molecule has 0 unspecified atom stereocenters. The van der Waals surface area contributed by atoms with Gasteiger partial charge in [-0.2, -0.15) is 5.10 Å². The molecule has 108 valence electrons. The Balaban J connectivity index is 1.68. The Morgan fingerprint density at radius 1 is 1.30 bits per heavy atom. The molecule has 3 rings (SSSR count). The van der Waals surface area contributed by atoms with E-state index in [2.05, 4.69) is 25.3 Å². The molecular formula is C13H20N6O. The molecule has 1 N–H and O–H groups in total. The second-order valence-corrected chi connectivity index (χ2v) is 5.01. The van der Waals surface area contributed by atoms with E-state index in [1.807, 2.05) is 14.0 Å². The first-order chi connectivity index (χ1) is 9.75. The van der Waals surface area contributed by atoms with Crippen molar-refractivity contribution in [2.24, 2.45) is 7.05 Å². The number of fused-ring (bicyclic) bond motifs is 1. The van der Waals surface area contributed by atoms with Gasteiger partial charge < -0.3 is 10.1 Å². The molecule has 0 aliphatic carbocycles. The van der Waals surface area contributed by atoms with E-state index < -0.39 is 0 Å². The van der Waals surface area contributed by atoms with Crippen molar-refractivity contribution < 1.29 is 4.74 Å². The number of hydrogen-bond acceptors (Lipinski definition) is 6. The summed E-state index contributed by atoms with van der Waals surface area (Å²) < 4.78 is 7.14. The van der Waals surface area contributed by atoms with E-state index in [1.165, 1.54) is 0 Å². The molecule has 20 heavy (non-hydrogen) atoms. The van der Waals surface area contributed by atoms with Crippen LogP contribution in [0.4, 0.5) is 5.82 Å². The van der Waals surface area contributed by atoms with Crippen LogP contribution in [0.2, 0.25) is 0 Å². The van der Waals surface area contributed by atoms with Gasteiger partial charge in [-0.15, -0.1) is 0 Å². The van der Waals surface area contributed by atoms with Crippen molar-refractivity contribution in [1.82, 2.24) is 24.6 Å². The number of anilines is 1. The van der Waals surface area contributed by atoms with Gasteiger partial charge in [-0.25, -0.2) is 9.97 Å². The topological polar surface area (TPSA) is 68.1 Å². The maximum Gasteiger partial charge on any atom is 0.163 e. The van der Waals surface area contributed by atoms with Gasteiger partial charge in [-0.3, -0.25) is 9.58 Å². The van der Waals surface area contributed by atoms with Crippen LogP contribution in [0.5, 0.6) is 0 Å². The van der Waals surface area contributed by atoms with E-state index in [0.717, 1.165) is 61.9 Å². The standard InChI is InChI=1S/C13H20N6O/c1-10-11-12(15-9-16-13(11)18(2)17-10)14-3-4-19-5-7-20-8-6-19/h9H,3-8H2,1-2H3,(H,14,15,16). The molecule has 0 aromatic carbocycles. The fourth-order valence-corrected chi connectivity index (χ4v) is 2.57. The van der Waals surface area contributed by atoms with Crippen LogP contribution in [0.25, 0.3) is 11.0 Å². The molecule has 0 radical (unpaired) electrons. The van der Waals surface area contributed by atoms with Crippen molar-refractivity contribution >= 4 is 16.9 Å². The smallest absolute Gasteiger partial charge is 0.163 e. The quantitative estimate of drug-likeness (QED) is 0.872. The predicted molar refractivity (Wildman–Crippen MR) is 76.8 cm³/mol. The predicted octanol–water partition coefficient (Wildman–Crippen LogP) is 0.416. The number of rotatable bonds is 4. The van der Waals surface area contributed by atoms with E-state index in [9.17, 15) is 0 Å². The summed E-state index contributed by atoms with van der Waals surface area (Å²) in [6, 6.07) is 0. The van der Waals surface area contributed by atoms with Gasteiger partial charge in [0, 0.05) is 33.2 Å². The summed E-state index contributed by atoms with van der Waals surface area (Å²) in [7, 11) is 1.90. The first kappa shape index (κ1) is 13.3. The van der Waals surface area contributed by atoms with Crippen molar-refractivity contribution in [2.75, 3.05) is 44.7 Å². The molecule has 2 aromatic rings. The zero-order valence-corrected chi connectivity index (χ0v) is 12.0. The summed E-state index contributed by atoms with van der Waals surface area (Å²) in [5.41, 5.74) is 1.82. The molecule has 7 heteroatoms. The zero-order chi connectivity index (χ0) is 13.9. The average molecular weight is 276 g/mol. The Kier molecular flexibility index (Phi) is 3.79. The Morgan fingerprint density at radius 2 is 2.10 bits per heavy atom. The van der Waals surface area contributed by atoms with Gasteiger partial charge in [-0.1, -0.05) is 0 Å². The lowest BCUT2D eigenvalue weighted by atomic mass is 10.3. The minimum absolute atomic E-state index is 0.833. The van der Waals surface area contributed by atoms with Crippen LogP contribution in [0.15, 0.2) is 6.33 Å². The van der Waals surface area contributed by atoms with Crippen LogP contribution in [0.3, 0.4) is 0 Å². The third-order valence-electron chi connectivity index (χ3n) is 3.62. The molecule has 1 aliphatic heterocycles. The molecule has 0 atom stereocenters. The second-order valence-electron chi connectivity index (χ2n) is 5.01. The van der Waals surface area contributed by atoms with Crippen molar-refractivity contribution in [3.8, 4) is 0 Å². The van der Waals surface area contributed by atoms with Gasteiger partial charge in [0.2, 0.25) is 0 Å².